The molecule has 0 saturated heterocycles. The van der Waals surface area contributed by atoms with Crippen LogP contribution in [0.5, 0.6) is 0 Å². The van der Waals surface area contributed by atoms with Crippen molar-refractivity contribution in [1.29, 1.82) is 0 Å². The predicted octanol–water partition coefficient (Wildman–Crippen LogP) is 8.39. The third-order valence-electron chi connectivity index (χ3n) is 7.27. The van der Waals surface area contributed by atoms with E-state index in [1.165, 1.54) is 0 Å². The molecule has 0 fully saturated rings. The van der Waals surface area contributed by atoms with Gasteiger partial charge in [-0.15, -0.1) is 0 Å². The lowest BCUT2D eigenvalue weighted by Gasteiger charge is -2.04. The Bertz CT molecular complexity index is 2210. The standard InChI is InChI=1S/C34H18O6/c35-33-25(17-23-21-7-3-1-5-19(21)9-11-27(23)39-33)29-13-15-31(37-29)32-16-14-30(38-32)26-18-24-22-8-4-2-6-20(22)10-12-28(24)40-34(26)36/h1-18H. The molecule has 0 radical (unpaired) electrons. The molecule has 0 aliphatic heterocycles. The summed E-state index contributed by atoms with van der Waals surface area (Å²) in [4.78, 5) is 25.7. The Kier molecular flexibility index (Phi) is 4.72. The summed E-state index contributed by atoms with van der Waals surface area (Å²) in [7, 11) is 0. The van der Waals surface area contributed by atoms with Gasteiger partial charge in [0.15, 0.2) is 11.5 Å². The van der Waals surface area contributed by atoms with Crippen LogP contribution in [0.1, 0.15) is 0 Å². The summed E-state index contributed by atoms with van der Waals surface area (Å²) < 4.78 is 23.4. The summed E-state index contributed by atoms with van der Waals surface area (Å²) in [5.74, 6) is 1.53. The van der Waals surface area contributed by atoms with E-state index < -0.39 is 11.3 Å². The SMILES string of the molecule is O=c1oc2ccc3ccccc3c2cc1-c1ccc(-c2ccc(-c3cc4c(ccc5ccccc54)oc3=O)o2)o1. The van der Waals surface area contributed by atoms with Crippen LogP contribution in [0.15, 0.2) is 136 Å². The van der Waals surface area contributed by atoms with Gasteiger partial charge < -0.3 is 17.7 Å². The van der Waals surface area contributed by atoms with Gasteiger partial charge in [-0.1, -0.05) is 60.7 Å². The van der Waals surface area contributed by atoms with Gasteiger partial charge in [-0.3, -0.25) is 0 Å². The molecule has 0 unspecified atom stereocenters. The van der Waals surface area contributed by atoms with Gasteiger partial charge in [-0.25, -0.2) is 9.59 Å². The van der Waals surface area contributed by atoms with Crippen LogP contribution in [0.2, 0.25) is 0 Å². The molecule has 0 atom stereocenters. The Hall–Kier alpha value is -5.62. The first kappa shape index (κ1) is 22.4. The number of benzene rings is 4. The van der Waals surface area contributed by atoms with Crippen LogP contribution in [0, 0.1) is 0 Å². The molecular formula is C34H18O6. The molecule has 0 saturated carbocycles. The molecule has 40 heavy (non-hydrogen) atoms. The molecule has 4 heterocycles. The van der Waals surface area contributed by atoms with Gasteiger partial charge in [0, 0.05) is 10.8 Å². The fraction of sp³-hybridized carbons (Fsp3) is 0. The van der Waals surface area contributed by atoms with E-state index in [-0.39, 0.29) is 0 Å². The molecule has 6 heteroatoms. The van der Waals surface area contributed by atoms with Crippen molar-refractivity contribution in [3.63, 3.8) is 0 Å². The summed E-state index contributed by atoms with van der Waals surface area (Å²) in [5.41, 5.74) is 0.649. The van der Waals surface area contributed by atoms with Crippen LogP contribution in [0.25, 0.3) is 77.7 Å². The molecule has 0 spiro atoms. The maximum Gasteiger partial charge on any atom is 0.347 e. The number of rotatable bonds is 3. The van der Waals surface area contributed by atoms with E-state index in [4.69, 9.17) is 17.7 Å². The number of hydrogen-bond acceptors (Lipinski definition) is 6. The molecule has 0 amide bonds. The van der Waals surface area contributed by atoms with Gasteiger partial charge in [-0.2, -0.15) is 0 Å². The number of fused-ring (bicyclic) bond motifs is 6. The van der Waals surface area contributed by atoms with Crippen LogP contribution in [-0.4, -0.2) is 0 Å². The summed E-state index contributed by atoms with van der Waals surface area (Å²) >= 11 is 0. The lowest BCUT2D eigenvalue weighted by atomic mass is 10.0. The minimum atomic E-state index is -0.496. The minimum absolute atomic E-state index is 0.309. The molecule has 6 nitrogen and oxygen atoms in total. The van der Waals surface area contributed by atoms with Gasteiger partial charge in [0.25, 0.3) is 0 Å². The van der Waals surface area contributed by atoms with Crippen LogP contribution >= 0.6 is 0 Å². The maximum atomic E-state index is 12.8. The largest absolute Gasteiger partial charge is 0.453 e. The van der Waals surface area contributed by atoms with Gasteiger partial charge in [0.1, 0.15) is 33.8 Å². The first-order valence-corrected chi connectivity index (χ1v) is 12.7. The topological polar surface area (TPSA) is 86.7 Å². The molecule has 8 rings (SSSR count). The molecule has 4 aromatic heterocycles. The second-order valence-corrected chi connectivity index (χ2v) is 9.62. The van der Waals surface area contributed by atoms with Crippen molar-refractivity contribution >= 4 is 43.5 Å². The fourth-order valence-electron chi connectivity index (χ4n) is 5.32. The monoisotopic (exact) mass is 522 g/mol. The zero-order valence-corrected chi connectivity index (χ0v) is 20.8. The van der Waals surface area contributed by atoms with Crippen molar-refractivity contribution in [1.82, 2.24) is 0 Å². The van der Waals surface area contributed by atoms with Gasteiger partial charge in [0.2, 0.25) is 0 Å². The average Bonchev–Trinajstić information content (AvgIpc) is 3.67. The zero-order valence-electron chi connectivity index (χ0n) is 20.8. The second kappa shape index (κ2) is 8.44. The first-order chi connectivity index (χ1) is 19.6. The van der Waals surface area contributed by atoms with Crippen molar-refractivity contribution in [3.8, 4) is 34.2 Å². The van der Waals surface area contributed by atoms with Crippen molar-refractivity contribution in [3.05, 3.63) is 130 Å². The van der Waals surface area contributed by atoms with E-state index in [9.17, 15) is 9.59 Å². The summed E-state index contributed by atoms with van der Waals surface area (Å²) in [6.45, 7) is 0. The molecule has 0 bridgehead atoms. The van der Waals surface area contributed by atoms with Crippen molar-refractivity contribution < 1.29 is 17.7 Å². The minimum Gasteiger partial charge on any atom is -0.453 e. The summed E-state index contributed by atoms with van der Waals surface area (Å²) in [5, 5.41) is 5.69. The Morgan fingerprint density at radius 3 is 1.27 bits per heavy atom. The van der Waals surface area contributed by atoms with E-state index in [0.29, 0.717) is 45.3 Å². The normalized spacial score (nSPS) is 11.7. The van der Waals surface area contributed by atoms with E-state index in [1.807, 2.05) is 60.7 Å². The Morgan fingerprint density at radius 2 is 0.800 bits per heavy atom. The van der Waals surface area contributed by atoms with Crippen molar-refractivity contribution in [2.24, 2.45) is 0 Å². The van der Waals surface area contributed by atoms with E-state index in [0.717, 1.165) is 32.3 Å². The molecule has 4 aromatic carbocycles. The van der Waals surface area contributed by atoms with Gasteiger partial charge >= 0.3 is 11.3 Å². The van der Waals surface area contributed by atoms with Crippen molar-refractivity contribution in [2.45, 2.75) is 0 Å². The lowest BCUT2D eigenvalue weighted by Crippen LogP contribution is -2.02. The zero-order chi connectivity index (χ0) is 26.8. The molecule has 190 valence electrons. The summed E-state index contributed by atoms with van der Waals surface area (Å²) in [6.07, 6.45) is 0. The highest BCUT2D eigenvalue weighted by Crippen LogP contribution is 2.34. The van der Waals surface area contributed by atoms with Crippen LogP contribution in [-0.2, 0) is 0 Å². The highest BCUT2D eigenvalue weighted by Gasteiger charge is 2.18. The highest BCUT2D eigenvalue weighted by atomic mass is 16.4. The van der Waals surface area contributed by atoms with E-state index in [2.05, 4.69) is 0 Å². The highest BCUT2D eigenvalue weighted by molar-refractivity contribution is 6.07. The van der Waals surface area contributed by atoms with Crippen LogP contribution < -0.4 is 11.3 Å². The second-order valence-electron chi connectivity index (χ2n) is 9.62. The molecule has 8 aromatic rings. The van der Waals surface area contributed by atoms with Crippen LogP contribution in [0.3, 0.4) is 0 Å². The maximum absolute atomic E-state index is 12.8. The third kappa shape index (κ3) is 3.43. The fourth-order valence-corrected chi connectivity index (χ4v) is 5.32. The Morgan fingerprint density at radius 1 is 0.375 bits per heavy atom. The molecule has 0 N–H and O–H groups in total. The Balaban J connectivity index is 1.20. The van der Waals surface area contributed by atoms with E-state index in [1.54, 1.807) is 48.5 Å². The predicted molar refractivity (Wildman–Crippen MR) is 154 cm³/mol. The molecule has 0 aliphatic carbocycles. The number of furan rings is 2. The van der Waals surface area contributed by atoms with Gasteiger partial charge in [-0.05, 0) is 70.1 Å². The molecular weight excluding hydrogens is 504 g/mol. The molecule has 0 aliphatic rings. The van der Waals surface area contributed by atoms with Gasteiger partial charge in [0.05, 0.1) is 0 Å². The van der Waals surface area contributed by atoms with Crippen molar-refractivity contribution in [2.75, 3.05) is 0 Å². The average molecular weight is 523 g/mol. The Labute approximate surface area is 225 Å². The smallest absolute Gasteiger partial charge is 0.347 e. The third-order valence-corrected chi connectivity index (χ3v) is 7.27. The first-order valence-electron chi connectivity index (χ1n) is 12.7. The lowest BCUT2D eigenvalue weighted by molar-refractivity contribution is 0.525. The van der Waals surface area contributed by atoms with Crippen LogP contribution in [0.4, 0.5) is 0 Å². The summed E-state index contributed by atoms with van der Waals surface area (Å²) in [6, 6.07) is 33.7. The number of hydrogen-bond donors (Lipinski definition) is 0. The quantitative estimate of drug-likeness (QED) is 0.171. The van der Waals surface area contributed by atoms with E-state index >= 15 is 0 Å².